The van der Waals surface area contributed by atoms with E-state index < -0.39 is 0 Å². The summed E-state index contributed by atoms with van der Waals surface area (Å²) in [7, 11) is 0. The first-order valence-electron chi connectivity index (χ1n) is 5.03. The summed E-state index contributed by atoms with van der Waals surface area (Å²) >= 11 is 1.90. The SMILES string of the molecule is C=CCC(NN)c1cc2c(s1)CCC2. The summed E-state index contributed by atoms with van der Waals surface area (Å²) in [6, 6.07) is 2.56. The van der Waals surface area contributed by atoms with Gasteiger partial charge in [0.15, 0.2) is 0 Å². The predicted octanol–water partition coefficient (Wildman–Crippen LogP) is 2.32. The summed E-state index contributed by atoms with van der Waals surface area (Å²) in [6.07, 6.45) is 6.64. The number of nitrogens with two attached hydrogens (primary N) is 1. The first kappa shape index (κ1) is 9.90. The Kier molecular flexibility index (Phi) is 3.01. The van der Waals surface area contributed by atoms with Crippen LogP contribution in [-0.2, 0) is 12.8 Å². The van der Waals surface area contributed by atoms with Crippen LogP contribution in [0.1, 0.15) is 34.2 Å². The molecule has 3 N–H and O–H groups in total. The number of hydrazine groups is 1. The molecule has 0 fully saturated rings. The second-order valence-corrected chi connectivity index (χ2v) is 4.86. The molecule has 1 aromatic heterocycles. The van der Waals surface area contributed by atoms with E-state index in [9.17, 15) is 0 Å². The van der Waals surface area contributed by atoms with Gasteiger partial charge < -0.3 is 0 Å². The normalized spacial score (nSPS) is 16.6. The Bertz CT molecular complexity index is 309. The minimum absolute atomic E-state index is 0.253. The van der Waals surface area contributed by atoms with Gasteiger partial charge in [-0.25, -0.2) is 0 Å². The van der Waals surface area contributed by atoms with Crippen LogP contribution >= 0.6 is 11.3 Å². The van der Waals surface area contributed by atoms with E-state index in [-0.39, 0.29) is 6.04 Å². The standard InChI is InChI=1S/C11H16N2S/c1-2-4-9(13-12)11-7-8-5-3-6-10(8)14-11/h2,7,9,13H,1,3-6,12H2. The van der Waals surface area contributed by atoms with E-state index in [0.29, 0.717) is 0 Å². The van der Waals surface area contributed by atoms with E-state index in [1.54, 1.807) is 4.88 Å². The van der Waals surface area contributed by atoms with Crippen molar-refractivity contribution in [2.45, 2.75) is 31.7 Å². The van der Waals surface area contributed by atoms with Gasteiger partial charge in [-0.3, -0.25) is 11.3 Å². The highest BCUT2D eigenvalue weighted by Gasteiger charge is 2.18. The molecule has 1 aromatic rings. The maximum absolute atomic E-state index is 5.52. The van der Waals surface area contributed by atoms with Crippen LogP contribution in [0.4, 0.5) is 0 Å². The van der Waals surface area contributed by atoms with Crippen LogP contribution in [0, 0.1) is 0 Å². The molecule has 1 heterocycles. The lowest BCUT2D eigenvalue weighted by atomic mass is 10.1. The van der Waals surface area contributed by atoms with E-state index in [2.05, 4.69) is 18.1 Å². The van der Waals surface area contributed by atoms with Gasteiger partial charge in [0.05, 0.1) is 6.04 Å². The van der Waals surface area contributed by atoms with Crippen molar-refractivity contribution in [1.82, 2.24) is 5.43 Å². The summed E-state index contributed by atoms with van der Waals surface area (Å²) in [5.74, 6) is 5.52. The molecule has 0 saturated heterocycles. The molecule has 0 bridgehead atoms. The smallest absolute Gasteiger partial charge is 0.0587 e. The fourth-order valence-electron chi connectivity index (χ4n) is 1.96. The van der Waals surface area contributed by atoms with Gasteiger partial charge in [-0.1, -0.05) is 6.08 Å². The zero-order valence-electron chi connectivity index (χ0n) is 8.25. The second kappa shape index (κ2) is 4.26. The molecule has 0 aliphatic heterocycles. The summed E-state index contributed by atoms with van der Waals surface area (Å²) in [6.45, 7) is 3.75. The van der Waals surface area contributed by atoms with Crippen LogP contribution in [0.15, 0.2) is 18.7 Å². The molecule has 1 aliphatic rings. The number of nitrogens with one attached hydrogen (secondary N) is 1. The Labute approximate surface area is 88.8 Å². The summed E-state index contributed by atoms with van der Waals surface area (Å²) in [5.41, 5.74) is 4.38. The Balaban J connectivity index is 2.18. The van der Waals surface area contributed by atoms with Gasteiger partial charge in [0.2, 0.25) is 0 Å². The Hall–Kier alpha value is -0.640. The fourth-order valence-corrected chi connectivity index (χ4v) is 3.29. The van der Waals surface area contributed by atoms with Crippen molar-refractivity contribution in [2.75, 3.05) is 0 Å². The molecular formula is C11H16N2S. The molecule has 76 valence electrons. The van der Waals surface area contributed by atoms with Crippen molar-refractivity contribution < 1.29 is 0 Å². The molecule has 1 aliphatic carbocycles. The van der Waals surface area contributed by atoms with Crippen molar-refractivity contribution in [3.05, 3.63) is 34.0 Å². The molecule has 0 saturated carbocycles. The molecule has 2 rings (SSSR count). The number of fused-ring (bicyclic) bond motifs is 1. The summed E-state index contributed by atoms with van der Waals surface area (Å²) in [5, 5.41) is 0. The first-order valence-corrected chi connectivity index (χ1v) is 5.85. The molecule has 0 aromatic carbocycles. The minimum atomic E-state index is 0.253. The third-order valence-corrected chi connectivity index (χ3v) is 4.06. The topological polar surface area (TPSA) is 38.0 Å². The largest absolute Gasteiger partial charge is 0.271 e. The van der Waals surface area contributed by atoms with Crippen LogP contribution < -0.4 is 11.3 Å². The number of hydrogen-bond acceptors (Lipinski definition) is 3. The lowest BCUT2D eigenvalue weighted by Gasteiger charge is -2.11. The second-order valence-electron chi connectivity index (χ2n) is 3.69. The van der Waals surface area contributed by atoms with Gasteiger partial charge >= 0.3 is 0 Å². The first-order chi connectivity index (χ1) is 6.85. The Morgan fingerprint density at radius 3 is 3.14 bits per heavy atom. The summed E-state index contributed by atoms with van der Waals surface area (Å²) < 4.78 is 0. The maximum atomic E-state index is 5.52. The predicted molar refractivity (Wildman–Crippen MR) is 61.2 cm³/mol. The molecule has 1 atom stereocenters. The fraction of sp³-hybridized carbons (Fsp3) is 0.455. The van der Waals surface area contributed by atoms with Crippen molar-refractivity contribution in [1.29, 1.82) is 0 Å². The van der Waals surface area contributed by atoms with Crippen LogP contribution in [0.2, 0.25) is 0 Å². The average molecular weight is 208 g/mol. The molecule has 0 spiro atoms. The van der Waals surface area contributed by atoms with Crippen LogP contribution in [0.5, 0.6) is 0 Å². The third kappa shape index (κ3) is 1.75. The van der Waals surface area contributed by atoms with E-state index in [4.69, 9.17) is 5.84 Å². The van der Waals surface area contributed by atoms with Crippen molar-refractivity contribution >= 4 is 11.3 Å². The number of rotatable bonds is 4. The average Bonchev–Trinajstić information content (AvgIpc) is 2.73. The lowest BCUT2D eigenvalue weighted by Crippen LogP contribution is -2.26. The molecule has 3 heteroatoms. The Morgan fingerprint density at radius 1 is 1.64 bits per heavy atom. The van der Waals surface area contributed by atoms with Crippen molar-refractivity contribution in [3.8, 4) is 0 Å². The van der Waals surface area contributed by atoms with E-state index in [0.717, 1.165) is 6.42 Å². The van der Waals surface area contributed by atoms with Crippen molar-refractivity contribution in [3.63, 3.8) is 0 Å². The number of aryl methyl sites for hydroxylation is 2. The minimum Gasteiger partial charge on any atom is -0.271 e. The Morgan fingerprint density at radius 2 is 2.50 bits per heavy atom. The van der Waals surface area contributed by atoms with Gasteiger partial charge in [0, 0.05) is 9.75 Å². The van der Waals surface area contributed by atoms with Crippen LogP contribution in [0.25, 0.3) is 0 Å². The zero-order chi connectivity index (χ0) is 9.97. The van der Waals surface area contributed by atoms with Crippen LogP contribution in [-0.4, -0.2) is 0 Å². The molecular weight excluding hydrogens is 192 g/mol. The third-order valence-electron chi connectivity index (χ3n) is 2.71. The van der Waals surface area contributed by atoms with Gasteiger partial charge in [0.1, 0.15) is 0 Å². The van der Waals surface area contributed by atoms with Gasteiger partial charge in [-0.15, -0.1) is 17.9 Å². The van der Waals surface area contributed by atoms with Gasteiger partial charge in [-0.2, -0.15) is 0 Å². The lowest BCUT2D eigenvalue weighted by molar-refractivity contribution is 0.570. The van der Waals surface area contributed by atoms with Crippen molar-refractivity contribution in [2.24, 2.45) is 5.84 Å². The molecule has 0 amide bonds. The van der Waals surface area contributed by atoms with Gasteiger partial charge in [-0.05, 0) is 37.3 Å². The highest BCUT2D eigenvalue weighted by Crippen LogP contribution is 2.34. The molecule has 14 heavy (non-hydrogen) atoms. The van der Waals surface area contributed by atoms with Crippen LogP contribution in [0.3, 0.4) is 0 Å². The van der Waals surface area contributed by atoms with E-state index in [1.165, 1.54) is 29.7 Å². The molecule has 0 radical (unpaired) electrons. The van der Waals surface area contributed by atoms with Gasteiger partial charge in [0.25, 0.3) is 0 Å². The monoisotopic (exact) mass is 208 g/mol. The number of hydrogen-bond donors (Lipinski definition) is 2. The quantitative estimate of drug-likeness (QED) is 0.453. The number of thiophene rings is 1. The molecule has 2 nitrogen and oxygen atoms in total. The summed E-state index contributed by atoms with van der Waals surface area (Å²) in [4.78, 5) is 2.92. The maximum Gasteiger partial charge on any atom is 0.0587 e. The van der Waals surface area contributed by atoms with E-state index >= 15 is 0 Å². The highest BCUT2D eigenvalue weighted by atomic mass is 32.1. The zero-order valence-corrected chi connectivity index (χ0v) is 9.07. The highest BCUT2D eigenvalue weighted by molar-refractivity contribution is 7.12. The molecule has 1 unspecified atom stereocenters. The van der Waals surface area contributed by atoms with E-state index in [1.807, 2.05) is 17.4 Å².